The van der Waals surface area contributed by atoms with Gasteiger partial charge in [0.25, 0.3) is 0 Å². The average Bonchev–Trinajstić information content (AvgIpc) is 2.79. The SMILES string of the molecule is C[C@H]1O[C@H](OCc2ccccc2)[C@H]2OC(C)(C)O[C@H]2[C@@H]1O. The maximum Gasteiger partial charge on any atom is 0.187 e. The molecule has 3 rings (SSSR count). The quantitative estimate of drug-likeness (QED) is 0.921. The number of aliphatic hydroxyl groups excluding tert-OH is 1. The lowest BCUT2D eigenvalue weighted by Gasteiger charge is -2.38. The van der Waals surface area contributed by atoms with Gasteiger partial charge in [0.15, 0.2) is 12.1 Å². The summed E-state index contributed by atoms with van der Waals surface area (Å²) in [6.45, 7) is 5.91. The monoisotopic (exact) mass is 294 g/mol. The number of ether oxygens (including phenoxy) is 4. The summed E-state index contributed by atoms with van der Waals surface area (Å²) >= 11 is 0. The van der Waals surface area contributed by atoms with E-state index in [-0.39, 0.29) is 6.10 Å². The van der Waals surface area contributed by atoms with Crippen LogP contribution >= 0.6 is 0 Å². The number of benzene rings is 1. The molecular weight excluding hydrogens is 272 g/mol. The number of hydrogen-bond donors (Lipinski definition) is 1. The summed E-state index contributed by atoms with van der Waals surface area (Å²) in [6, 6.07) is 9.89. The highest BCUT2D eigenvalue weighted by Crippen LogP contribution is 2.37. The minimum Gasteiger partial charge on any atom is -0.388 e. The zero-order chi connectivity index (χ0) is 15.0. The zero-order valence-electron chi connectivity index (χ0n) is 12.6. The number of fused-ring (bicyclic) bond motifs is 1. The van der Waals surface area contributed by atoms with Gasteiger partial charge in [0.05, 0.1) is 12.7 Å². The Bertz CT molecular complexity index is 475. The molecule has 0 amide bonds. The molecule has 1 N–H and O–H groups in total. The van der Waals surface area contributed by atoms with Gasteiger partial charge in [0.2, 0.25) is 0 Å². The van der Waals surface area contributed by atoms with Gasteiger partial charge in [-0.2, -0.15) is 0 Å². The third-order valence-electron chi connectivity index (χ3n) is 3.86. The predicted octanol–water partition coefficient (Wildman–Crippen LogP) is 1.83. The molecule has 0 radical (unpaired) electrons. The van der Waals surface area contributed by atoms with Crippen LogP contribution in [-0.2, 0) is 25.6 Å². The first-order valence-electron chi connectivity index (χ1n) is 7.31. The Hall–Kier alpha value is -0.980. The second-order valence-corrected chi connectivity index (χ2v) is 6.06. The van der Waals surface area contributed by atoms with E-state index in [1.165, 1.54) is 0 Å². The molecule has 1 aromatic carbocycles. The Morgan fingerprint density at radius 2 is 1.81 bits per heavy atom. The fourth-order valence-corrected chi connectivity index (χ4v) is 2.82. The van der Waals surface area contributed by atoms with E-state index in [4.69, 9.17) is 18.9 Å². The van der Waals surface area contributed by atoms with Crippen molar-refractivity contribution in [3.63, 3.8) is 0 Å². The van der Waals surface area contributed by atoms with E-state index in [1.807, 2.05) is 51.1 Å². The van der Waals surface area contributed by atoms with Gasteiger partial charge in [-0.05, 0) is 26.3 Å². The molecule has 2 aliphatic heterocycles. The van der Waals surface area contributed by atoms with Gasteiger partial charge < -0.3 is 24.1 Å². The minimum atomic E-state index is -0.738. The van der Waals surface area contributed by atoms with Crippen molar-refractivity contribution in [2.75, 3.05) is 0 Å². The van der Waals surface area contributed by atoms with Crippen LogP contribution in [0.5, 0.6) is 0 Å². The maximum absolute atomic E-state index is 10.2. The Labute approximate surface area is 124 Å². The van der Waals surface area contributed by atoms with Crippen molar-refractivity contribution >= 4 is 0 Å². The van der Waals surface area contributed by atoms with Crippen molar-refractivity contribution in [2.24, 2.45) is 0 Å². The summed E-state index contributed by atoms with van der Waals surface area (Å²) in [5.74, 6) is -0.738. The van der Waals surface area contributed by atoms with E-state index < -0.39 is 30.4 Å². The molecule has 2 heterocycles. The third-order valence-corrected chi connectivity index (χ3v) is 3.86. The first-order valence-corrected chi connectivity index (χ1v) is 7.31. The van der Waals surface area contributed by atoms with E-state index in [2.05, 4.69) is 0 Å². The van der Waals surface area contributed by atoms with Crippen LogP contribution in [-0.4, -0.2) is 41.6 Å². The molecule has 2 fully saturated rings. The topological polar surface area (TPSA) is 57.2 Å². The van der Waals surface area contributed by atoms with Crippen molar-refractivity contribution in [3.8, 4) is 0 Å². The average molecular weight is 294 g/mol. The number of rotatable bonds is 3. The summed E-state index contributed by atoms with van der Waals surface area (Å²) in [4.78, 5) is 0. The molecular formula is C16H22O5. The molecule has 0 unspecified atom stereocenters. The van der Waals surface area contributed by atoms with Crippen molar-refractivity contribution < 1.29 is 24.1 Å². The molecule has 5 nitrogen and oxygen atoms in total. The Balaban J connectivity index is 1.69. The largest absolute Gasteiger partial charge is 0.388 e. The molecule has 21 heavy (non-hydrogen) atoms. The molecule has 0 aliphatic carbocycles. The molecule has 5 atom stereocenters. The molecule has 5 heteroatoms. The summed E-state index contributed by atoms with van der Waals surface area (Å²) < 4.78 is 23.2. The fraction of sp³-hybridized carbons (Fsp3) is 0.625. The van der Waals surface area contributed by atoms with Crippen LogP contribution in [0.2, 0.25) is 0 Å². The standard InChI is InChI=1S/C16H22O5/c1-10-12(17)13-14(21-16(2,3)20-13)15(19-10)18-9-11-7-5-4-6-8-11/h4-8,10,12-15,17H,9H2,1-3H3/t10-,12-,13+,14+,15+/m1/s1. The van der Waals surface area contributed by atoms with Crippen molar-refractivity contribution in [1.29, 1.82) is 0 Å². The fourth-order valence-electron chi connectivity index (χ4n) is 2.82. The van der Waals surface area contributed by atoms with Crippen LogP contribution in [0.15, 0.2) is 30.3 Å². The Morgan fingerprint density at radius 3 is 2.52 bits per heavy atom. The summed E-state index contributed by atoms with van der Waals surface area (Å²) in [5, 5.41) is 10.2. The highest BCUT2D eigenvalue weighted by atomic mass is 16.8. The van der Waals surface area contributed by atoms with E-state index in [1.54, 1.807) is 0 Å². The van der Waals surface area contributed by atoms with Crippen molar-refractivity contribution in [3.05, 3.63) is 35.9 Å². The maximum atomic E-state index is 10.2. The van der Waals surface area contributed by atoms with E-state index in [0.717, 1.165) is 5.56 Å². The molecule has 1 aromatic rings. The molecule has 116 valence electrons. The number of aliphatic hydroxyl groups is 1. The highest BCUT2D eigenvalue weighted by Gasteiger charge is 2.54. The highest BCUT2D eigenvalue weighted by molar-refractivity contribution is 5.13. The molecule has 0 spiro atoms. The predicted molar refractivity (Wildman–Crippen MR) is 75.4 cm³/mol. The van der Waals surface area contributed by atoms with Gasteiger partial charge in [-0.25, -0.2) is 0 Å². The van der Waals surface area contributed by atoms with Gasteiger partial charge >= 0.3 is 0 Å². The minimum absolute atomic E-state index is 0.357. The van der Waals surface area contributed by atoms with Crippen LogP contribution in [0.4, 0.5) is 0 Å². The smallest absolute Gasteiger partial charge is 0.187 e. The number of hydrogen-bond acceptors (Lipinski definition) is 5. The second-order valence-electron chi connectivity index (χ2n) is 6.06. The lowest BCUT2D eigenvalue weighted by atomic mass is 10.00. The zero-order valence-corrected chi connectivity index (χ0v) is 12.6. The summed E-state index contributed by atoms with van der Waals surface area (Å²) in [6.07, 6.45) is -2.47. The molecule has 0 bridgehead atoms. The van der Waals surface area contributed by atoms with Crippen molar-refractivity contribution in [1.82, 2.24) is 0 Å². The van der Waals surface area contributed by atoms with Crippen LogP contribution in [0, 0.1) is 0 Å². The molecule has 2 aliphatic rings. The first-order chi connectivity index (χ1) is 9.96. The molecule has 0 aromatic heterocycles. The summed E-state index contributed by atoms with van der Waals surface area (Å²) in [5.41, 5.74) is 1.06. The van der Waals surface area contributed by atoms with Crippen molar-refractivity contribution in [2.45, 2.75) is 63.9 Å². The second kappa shape index (κ2) is 5.66. The van der Waals surface area contributed by atoms with Gasteiger partial charge in [0.1, 0.15) is 18.3 Å². The summed E-state index contributed by atoms with van der Waals surface area (Å²) in [7, 11) is 0. The van der Waals surface area contributed by atoms with Crippen LogP contribution in [0.1, 0.15) is 26.3 Å². The third kappa shape index (κ3) is 3.12. The van der Waals surface area contributed by atoms with E-state index in [0.29, 0.717) is 6.61 Å². The van der Waals surface area contributed by atoms with Gasteiger partial charge in [-0.1, -0.05) is 30.3 Å². The van der Waals surface area contributed by atoms with Crippen LogP contribution in [0.25, 0.3) is 0 Å². The Kier molecular flexibility index (Phi) is 4.03. The van der Waals surface area contributed by atoms with Gasteiger partial charge in [0, 0.05) is 0 Å². The van der Waals surface area contributed by atoms with E-state index in [9.17, 15) is 5.11 Å². The molecule has 0 saturated carbocycles. The lowest BCUT2D eigenvalue weighted by molar-refractivity contribution is -0.275. The molecule has 2 saturated heterocycles. The normalized spacial score (nSPS) is 38.2. The first kappa shape index (κ1) is 14.9. The van der Waals surface area contributed by atoms with Gasteiger partial charge in [-0.3, -0.25) is 0 Å². The lowest BCUT2D eigenvalue weighted by Crippen LogP contribution is -2.55. The Morgan fingerprint density at radius 1 is 1.14 bits per heavy atom. The van der Waals surface area contributed by atoms with Crippen LogP contribution < -0.4 is 0 Å². The van der Waals surface area contributed by atoms with Crippen LogP contribution in [0.3, 0.4) is 0 Å². The van der Waals surface area contributed by atoms with E-state index >= 15 is 0 Å². The van der Waals surface area contributed by atoms with Gasteiger partial charge in [-0.15, -0.1) is 0 Å².